The lowest BCUT2D eigenvalue weighted by molar-refractivity contribution is -0.136. The predicted octanol–water partition coefficient (Wildman–Crippen LogP) is 7.09. The summed E-state index contributed by atoms with van der Waals surface area (Å²) in [5.74, 6) is -1.05. The highest BCUT2D eigenvalue weighted by molar-refractivity contribution is 7.81. The van der Waals surface area contributed by atoms with E-state index in [1.165, 1.54) is 0 Å². The van der Waals surface area contributed by atoms with Crippen LogP contribution in [0.25, 0.3) is 22.0 Å². The molecule has 2 aromatic carbocycles. The number of fused-ring (bicyclic) bond motifs is 1. The summed E-state index contributed by atoms with van der Waals surface area (Å²) < 4.78 is 18.3. The third-order valence-electron chi connectivity index (χ3n) is 5.27. The topological polar surface area (TPSA) is 74.5 Å². The minimum atomic E-state index is -0.907. The molecule has 0 radical (unpaired) electrons. The second-order valence-electron chi connectivity index (χ2n) is 9.63. The number of nitrogens with zero attached hydrogens (tertiary/aromatic N) is 1. The maximum absolute atomic E-state index is 13.2. The number of aryl methyl sites for hydroxylation is 1. The van der Waals surface area contributed by atoms with E-state index in [-0.39, 0.29) is 12.3 Å². The maximum atomic E-state index is 13.2. The van der Waals surface area contributed by atoms with Gasteiger partial charge in [0.1, 0.15) is 0 Å². The summed E-state index contributed by atoms with van der Waals surface area (Å²) in [6, 6.07) is 9.41. The number of carbonyl (C=O) groups is 1. The van der Waals surface area contributed by atoms with E-state index in [0.717, 1.165) is 44.5 Å². The molecule has 1 atom stereocenters. The largest absolute Gasteiger partial charge is 0.481 e. The summed E-state index contributed by atoms with van der Waals surface area (Å²) >= 11 is 10.4. The third kappa shape index (κ3) is 8.19. The van der Waals surface area contributed by atoms with Gasteiger partial charge in [-0.2, -0.15) is 0 Å². The normalized spacial score (nSPS) is 11.7. The van der Waals surface area contributed by atoms with E-state index >= 15 is 0 Å². The lowest BCUT2D eigenvalue weighted by Crippen LogP contribution is -2.12. The van der Waals surface area contributed by atoms with Gasteiger partial charge in [-0.1, -0.05) is 43.5 Å². The van der Waals surface area contributed by atoms with Crippen LogP contribution < -0.4 is 4.72 Å². The van der Waals surface area contributed by atoms with Crippen LogP contribution in [-0.4, -0.2) is 33.0 Å². The Morgan fingerprint density at radius 3 is 2.19 bits per heavy atom. The molecule has 0 aliphatic heterocycles. The number of thiol groups is 1. The standard InChI is InChI=1S/C22H24ClFN2O2S.C4H10O.C2H2/c1-12(10-24)11-26-13(2)8-18-20(15-4-6-16(23)7-5-15)17(9-19(27)28)14(3)21(25-29)22(18)26;1-4(2,3)5;1-2/h4-8,12,25,29H,9-11H2,1-3H3,(H,27,28);5H,1-3H3;1-2H. The molecule has 0 spiro atoms. The molecule has 196 valence electrons. The number of alkyl halides is 1. The smallest absolute Gasteiger partial charge is 0.307 e. The van der Waals surface area contributed by atoms with E-state index in [2.05, 4.69) is 35.0 Å². The van der Waals surface area contributed by atoms with Crippen LogP contribution in [0.4, 0.5) is 10.1 Å². The highest BCUT2D eigenvalue weighted by atomic mass is 35.5. The second kappa shape index (κ2) is 13.6. The zero-order chi connectivity index (χ0) is 27.8. The number of aliphatic carboxylic acids is 1. The van der Waals surface area contributed by atoms with E-state index in [1.54, 1.807) is 32.9 Å². The molecule has 3 aromatic rings. The Morgan fingerprint density at radius 2 is 1.75 bits per heavy atom. The Morgan fingerprint density at radius 1 is 1.22 bits per heavy atom. The molecule has 0 aliphatic rings. The van der Waals surface area contributed by atoms with Gasteiger partial charge in [0.25, 0.3) is 0 Å². The van der Waals surface area contributed by atoms with Gasteiger partial charge in [-0.3, -0.25) is 9.18 Å². The van der Waals surface area contributed by atoms with E-state index in [1.807, 2.05) is 39.0 Å². The fourth-order valence-electron chi connectivity index (χ4n) is 3.87. The molecule has 0 fully saturated rings. The second-order valence-corrected chi connectivity index (χ2v) is 10.3. The van der Waals surface area contributed by atoms with Gasteiger partial charge < -0.3 is 19.5 Å². The van der Waals surface area contributed by atoms with Crippen LogP contribution >= 0.6 is 24.4 Å². The van der Waals surface area contributed by atoms with Crippen molar-refractivity contribution in [1.29, 1.82) is 0 Å². The van der Waals surface area contributed by atoms with Crippen molar-refractivity contribution in [3.05, 3.63) is 52.2 Å². The van der Waals surface area contributed by atoms with Gasteiger partial charge in [0.15, 0.2) is 0 Å². The van der Waals surface area contributed by atoms with E-state index in [4.69, 9.17) is 16.7 Å². The molecule has 36 heavy (non-hydrogen) atoms. The van der Waals surface area contributed by atoms with Gasteiger partial charge in [-0.25, -0.2) is 0 Å². The molecule has 0 aliphatic carbocycles. The average molecular weight is 535 g/mol. The molecule has 1 aromatic heterocycles. The fraction of sp³-hybridized carbons (Fsp3) is 0.393. The van der Waals surface area contributed by atoms with Crippen LogP contribution in [0.2, 0.25) is 5.02 Å². The van der Waals surface area contributed by atoms with Crippen LogP contribution in [0.3, 0.4) is 0 Å². The van der Waals surface area contributed by atoms with Gasteiger partial charge in [0.2, 0.25) is 0 Å². The van der Waals surface area contributed by atoms with Crippen molar-refractivity contribution in [2.45, 2.75) is 60.1 Å². The van der Waals surface area contributed by atoms with Crippen molar-refractivity contribution in [1.82, 2.24) is 4.57 Å². The molecular weight excluding hydrogens is 499 g/mol. The predicted molar refractivity (Wildman–Crippen MR) is 153 cm³/mol. The minimum absolute atomic E-state index is 0.118. The number of terminal acetylenes is 1. The number of hydrogen-bond acceptors (Lipinski definition) is 4. The molecule has 0 bridgehead atoms. The lowest BCUT2D eigenvalue weighted by Gasteiger charge is -2.20. The molecule has 1 unspecified atom stereocenters. The summed E-state index contributed by atoms with van der Waals surface area (Å²) in [5.41, 5.74) is 5.41. The van der Waals surface area contributed by atoms with Crippen LogP contribution in [-0.2, 0) is 17.8 Å². The number of nitrogens with one attached hydrogen (secondary N) is 1. The van der Waals surface area contributed by atoms with Crippen LogP contribution in [0, 0.1) is 32.6 Å². The number of benzene rings is 2. The van der Waals surface area contributed by atoms with Gasteiger partial charge in [-0.05, 0) is 75.1 Å². The first-order valence-corrected chi connectivity index (χ1v) is 12.3. The number of carboxylic acid groups (broad SMARTS) is 1. The maximum Gasteiger partial charge on any atom is 0.307 e. The molecule has 0 amide bonds. The number of hydrogen-bond donors (Lipinski definition) is 4. The van der Waals surface area contributed by atoms with Crippen molar-refractivity contribution in [2.24, 2.45) is 5.92 Å². The molecule has 0 saturated heterocycles. The summed E-state index contributed by atoms with van der Waals surface area (Å²) in [6.45, 7) is 11.1. The first kappa shape index (κ1) is 31.4. The van der Waals surface area contributed by atoms with Crippen LogP contribution in [0.5, 0.6) is 0 Å². The Kier molecular flexibility index (Phi) is 11.8. The number of carboxylic acids is 1. The molecular formula is C28H36ClFN2O3S. The Bertz CT molecular complexity index is 1190. The average Bonchev–Trinajstić information content (AvgIpc) is 3.10. The number of halogens is 2. The molecule has 0 saturated carbocycles. The summed E-state index contributed by atoms with van der Waals surface area (Å²) in [6.07, 6.45) is 7.88. The quantitative estimate of drug-likeness (QED) is 0.193. The van der Waals surface area contributed by atoms with E-state index < -0.39 is 18.2 Å². The van der Waals surface area contributed by atoms with Gasteiger partial charge in [0, 0.05) is 28.6 Å². The van der Waals surface area contributed by atoms with Crippen molar-refractivity contribution >= 4 is 47.0 Å². The van der Waals surface area contributed by atoms with Crippen LogP contribution in [0.15, 0.2) is 30.3 Å². The van der Waals surface area contributed by atoms with Gasteiger partial charge >= 0.3 is 5.97 Å². The van der Waals surface area contributed by atoms with Crippen LogP contribution in [0.1, 0.15) is 44.5 Å². The van der Waals surface area contributed by atoms with Gasteiger partial charge in [-0.15, -0.1) is 12.8 Å². The Balaban J connectivity index is 0.000000826. The fourth-order valence-corrected chi connectivity index (χ4v) is 4.27. The van der Waals surface area contributed by atoms with E-state index in [9.17, 15) is 14.3 Å². The molecule has 3 N–H and O–H groups in total. The van der Waals surface area contributed by atoms with Crippen molar-refractivity contribution < 1.29 is 19.4 Å². The summed E-state index contributed by atoms with van der Waals surface area (Å²) in [7, 11) is 0. The highest BCUT2D eigenvalue weighted by Crippen LogP contribution is 2.42. The number of aromatic nitrogens is 1. The first-order chi connectivity index (χ1) is 16.8. The SMILES string of the molecule is C#C.CC(C)(C)O.Cc1c(CC(=O)O)c(-c2ccc(Cl)cc2)c2cc(C)n(CC(C)CF)c2c1NS. The molecule has 5 nitrogen and oxygen atoms in total. The van der Waals surface area contributed by atoms with Crippen molar-refractivity contribution in [2.75, 3.05) is 11.4 Å². The molecule has 1 heterocycles. The van der Waals surface area contributed by atoms with E-state index in [0.29, 0.717) is 11.6 Å². The zero-order valence-electron chi connectivity index (χ0n) is 21.7. The van der Waals surface area contributed by atoms with Gasteiger partial charge in [0.05, 0.1) is 29.9 Å². The number of rotatable bonds is 7. The van der Waals surface area contributed by atoms with Crippen molar-refractivity contribution in [3.8, 4) is 24.0 Å². The zero-order valence-corrected chi connectivity index (χ0v) is 23.3. The highest BCUT2D eigenvalue weighted by Gasteiger charge is 2.23. The summed E-state index contributed by atoms with van der Waals surface area (Å²) in [5, 5.41) is 19.6. The van der Waals surface area contributed by atoms with Crippen molar-refractivity contribution in [3.63, 3.8) is 0 Å². The first-order valence-electron chi connectivity index (χ1n) is 11.4. The number of anilines is 1. The molecule has 3 rings (SSSR count). The minimum Gasteiger partial charge on any atom is -0.481 e. The molecule has 8 heteroatoms. The Labute approximate surface area is 224 Å². The number of aliphatic hydroxyl groups is 1. The third-order valence-corrected chi connectivity index (χ3v) is 5.75. The Hall–Kier alpha value is -2.66. The lowest BCUT2D eigenvalue weighted by atomic mass is 9.89. The summed E-state index contributed by atoms with van der Waals surface area (Å²) in [4.78, 5) is 11.6. The monoisotopic (exact) mass is 534 g/mol.